The highest BCUT2D eigenvalue weighted by atomic mass is 16.5. The van der Waals surface area contributed by atoms with Gasteiger partial charge in [0, 0.05) is 6.54 Å². The Labute approximate surface area is 89.2 Å². The Morgan fingerprint density at radius 3 is 2.87 bits per heavy atom. The van der Waals surface area contributed by atoms with E-state index in [1.165, 1.54) is 7.11 Å². The molecule has 0 heterocycles. The fourth-order valence-electron chi connectivity index (χ4n) is 1.51. The summed E-state index contributed by atoms with van der Waals surface area (Å²) in [5.74, 6) is -0.334. The van der Waals surface area contributed by atoms with Crippen LogP contribution >= 0.6 is 0 Å². The molecule has 1 unspecified atom stereocenters. The Bertz CT molecular complexity index is 307. The number of hydrogen-bond donors (Lipinski definition) is 0. The number of methoxy groups -OCH3 is 1. The molecule has 0 N–H and O–H groups in total. The summed E-state index contributed by atoms with van der Waals surface area (Å²) in [6.45, 7) is 2.59. The Morgan fingerprint density at radius 1 is 1.73 bits per heavy atom. The van der Waals surface area contributed by atoms with E-state index in [9.17, 15) is 9.59 Å². The quantitative estimate of drug-likeness (QED) is 0.510. The third-order valence-electron chi connectivity index (χ3n) is 2.42. The van der Waals surface area contributed by atoms with Gasteiger partial charge in [0.05, 0.1) is 18.7 Å². The number of rotatable bonds is 4. The van der Waals surface area contributed by atoms with Crippen LogP contribution in [0.4, 0.5) is 0 Å². The number of esters is 1. The van der Waals surface area contributed by atoms with Crippen LogP contribution in [0.1, 0.15) is 13.3 Å². The molecule has 0 radical (unpaired) electrons. The predicted molar refractivity (Wildman–Crippen MR) is 56.1 cm³/mol. The Morgan fingerprint density at radius 2 is 2.47 bits per heavy atom. The lowest BCUT2D eigenvalue weighted by Crippen LogP contribution is -2.33. The number of likely N-dealkylation sites (N-methyl/N-ethyl adjacent to an activating group) is 1. The van der Waals surface area contributed by atoms with E-state index in [1.807, 2.05) is 13.0 Å². The number of nitrogens with zero attached hydrogens (tertiary/aromatic N) is 1. The highest BCUT2D eigenvalue weighted by Gasteiger charge is 2.17. The van der Waals surface area contributed by atoms with E-state index in [2.05, 4.69) is 4.74 Å². The van der Waals surface area contributed by atoms with E-state index >= 15 is 0 Å². The first-order valence-corrected chi connectivity index (χ1v) is 4.90. The molecular formula is C11H15NO3. The van der Waals surface area contributed by atoms with Crippen molar-refractivity contribution in [2.45, 2.75) is 19.4 Å². The van der Waals surface area contributed by atoms with Crippen molar-refractivity contribution in [3.05, 3.63) is 23.8 Å². The summed E-state index contributed by atoms with van der Waals surface area (Å²) >= 11 is 0. The molecule has 4 heteroatoms. The van der Waals surface area contributed by atoms with Gasteiger partial charge in [0.2, 0.25) is 6.41 Å². The lowest BCUT2D eigenvalue weighted by molar-refractivity contribution is -0.135. The third kappa shape index (κ3) is 2.68. The van der Waals surface area contributed by atoms with Gasteiger partial charge in [-0.15, -0.1) is 0 Å². The number of carbonyl (C=O) groups excluding carboxylic acids is 2. The van der Waals surface area contributed by atoms with Gasteiger partial charge < -0.3 is 9.64 Å². The maximum atomic E-state index is 11.2. The molecule has 0 bridgehead atoms. The fraction of sp³-hybridized carbons (Fsp3) is 0.455. The molecule has 1 amide bonds. The Kier molecular flexibility index (Phi) is 4.09. The van der Waals surface area contributed by atoms with Crippen molar-refractivity contribution in [3.8, 4) is 0 Å². The van der Waals surface area contributed by atoms with Gasteiger partial charge in [-0.3, -0.25) is 4.79 Å². The zero-order chi connectivity index (χ0) is 11.3. The fourth-order valence-corrected chi connectivity index (χ4v) is 1.51. The van der Waals surface area contributed by atoms with Crippen LogP contribution in [0.2, 0.25) is 0 Å². The van der Waals surface area contributed by atoms with Gasteiger partial charge in [0.1, 0.15) is 0 Å². The number of ether oxygens (including phenoxy) is 1. The standard InChI is InChI=1S/C11H15NO3/c1-3-12(8-13)10-6-4-9(5-7-10)11(14)15-2/h4-6,8,10H,3,7H2,1-2H3. The maximum absolute atomic E-state index is 11.2. The van der Waals surface area contributed by atoms with Crippen molar-refractivity contribution in [2.24, 2.45) is 0 Å². The minimum absolute atomic E-state index is 0.0564. The van der Waals surface area contributed by atoms with Crippen LogP contribution in [-0.4, -0.2) is 37.0 Å². The van der Waals surface area contributed by atoms with Crippen LogP contribution in [0.15, 0.2) is 23.8 Å². The number of carbonyl (C=O) groups is 2. The van der Waals surface area contributed by atoms with Gasteiger partial charge >= 0.3 is 5.97 Å². The summed E-state index contributed by atoms with van der Waals surface area (Å²) in [7, 11) is 1.35. The van der Waals surface area contributed by atoms with Crippen LogP contribution in [0.3, 0.4) is 0 Å². The van der Waals surface area contributed by atoms with Crippen LogP contribution in [0.5, 0.6) is 0 Å². The second-order valence-electron chi connectivity index (χ2n) is 3.25. The molecule has 1 aliphatic carbocycles. The van der Waals surface area contributed by atoms with Crippen LogP contribution < -0.4 is 0 Å². The second-order valence-corrected chi connectivity index (χ2v) is 3.25. The second kappa shape index (κ2) is 5.34. The molecule has 1 aliphatic rings. The normalized spacial score (nSPS) is 19.3. The molecule has 0 aliphatic heterocycles. The van der Waals surface area contributed by atoms with Crippen LogP contribution in [0.25, 0.3) is 0 Å². The van der Waals surface area contributed by atoms with E-state index < -0.39 is 0 Å². The molecule has 82 valence electrons. The minimum Gasteiger partial charge on any atom is -0.465 e. The van der Waals surface area contributed by atoms with Crippen molar-refractivity contribution in [3.63, 3.8) is 0 Å². The average molecular weight is 209 g/mol. The molecule has 4 nitrogen and oxygen atoms in total. The highest BCUT2D eigenvalue weighted by molar-refractivity contribution is 5.91. The molecular weight excluding hydrogens is 194 g/mol. The molecule has 0 saturated heterocycles. The van der Waals surface area contributed by atoms with Crippen molar-refractivity contribution in [1.29, 1.82) is 0 Å². The molecule has 0 aromatic rings. The van der Waals surface area contributed by atoms with Gasteiger partial charge in [-0.05, 0) is 19.4 Å². The summed E-state index contributed by atoms with van der Waals surface area (Å²) in [5.41, 5.74) is 0.552. The van der Waals surface area contributed by atoms with E-state index in [4.69, 9.17) is 0 Å². The van der Waals surface area contributed by atoms with Gasteiger partial charge in [-0.2, -0.15) is 0 Å². The summed E-state index contributed by atoms with van der Waals surface area (Å²) in [6, 6.07) is 0.0564. The first-order valence-electron chi connectivity index (χ1n) is 4.90. The minimum atomic E-state index is -0.334. The molecule has 0 aromatic carbocycles. The molecule has 0 fully saturated rings. The molecule has 1 atom stereocenters. The first-order chi connectivity index (χ1) is 7.22. The molecule has 0 spiro atoms. The van der Waals surface area contributed by atoms with Crippen molar-refractivity contribution in [1.82, 2.24) is 4.90 Å². The Hall–Kier alpha value is -1.58. The topological polar surface area (TPSA) is 46.6 Å². The molecule has 0 aromatic heterocycles. The molecule has 15 heavy (non-hydrogen) atoms. The lowest BCUT2D eigenvalue weighted by Gasteiger charge is -2.25. The van der Waals surface area contributed by atoms with Gasteiger partial charge in [-0.1, -0.05) is 12.2 Å². The number of hydrogen-bond acceptors (Lipinski definition) is 3. The molecule has 1 rings (SSSR count). The lowest BCUT2D eigenvalue weighted by atomic mass is 10.0. The highest BCUT2D eigenvalue weighted by Crippen LogP contribution is 2.15. The Balaban J connectivity index is 2.63. The predicted octanol–water partition coefficient (Wildman–Crippen LogP) is 0.893. The number of amides is 1. The van der Waals surface area contributed by atoms with Crippen LogP contribution in [0, 0.1) is 0 Å². The zero-order valence-electron chi connectivity index (χ0n) is 8.97. The third-order valence-corrected chi connectivity index (χ3v) is 2.42. The van der Waals surface area contributed by atoms with E-state index in [0.717, 1.165) is 6.41 Å². The maximum Gasteiger partial charge on any atom is 0.337 e. The monoisotopic (exact) mass is 209 g/mol. The SMILES string of the molecule is CCN(C=O)C1C=CC(C(=O)OC)=CC1. The summed E-state index contributed by atoms with van der Waals surface area (Å²) in [5, 5.41) is 0. The summed E-state index contributed by atoms with van der Waals surface area (Å²) < 4.78 is 4.60. The van der Waals surface area contributed by atoms with Gasteiger partial charge in [0.25, 0.3) is 0 Å². The van der Waals surface area contributed by atoms with Crippen molar-refractivity contribution in [2.75, 3.05) is 13.7 Å². The first kappa shape index (κ1) is 11.5. The van der Waals surface area contributed by atoms with Crippen molar-refractivity contribution < 1.29 is 14.3 Å². The van der Waals surface area contributed by atoms with E-state index in [-0.39, 0.29) is 12.0 Å². The smallest absolute Gasteiger partial charge is 0.337 e. The summed E-state index contributed by atoms with van der Waals surface area (Å²) in [6.07, 6.45) is 6.83. The van der Waals surface area contributed by atoms with Crippen molar-refractivity contribution >= 4 is 12.4 Å². The van der Waals surface area contributed by atoms with Gasteiger partial charge in [-0.25, -0.2) is 4.79 Å². The van der Waals surface area contributed by atoms with E-state index in [0.29, 0.717) is 18.5 Å². The van der Waals surface area contributed by atoms with E-state index in [1.54, 1.807) is 17.1 Å². The zero-order valence-corrected chi connectivity index (χ0v) is 8.97. The largest absolute Gasteiger partial charge is 0.465 e. The van der Waals surface area contributed by atoms with Gasteiger partial charge in [0.15, 0.2) is 0 Å². The molecule has 0 saturated carbocycles. The average Bonchev–Trinajstić information content (AvgIpc) is 2.30. The summed E-state index contributed by atoms with van der Waals surface area (Å²) in [4.78, 5) is 23.5. The van der Waals surface area contributed by atoms with Crippen LogP contribution in [-0.2, 0) is 14.3 Å².